The third-order valence-corrected chi connectivity index (χ3v) is 2.61. The van der Waals surface area contributed by atoms with Gasteiger partial charge in [-0.2, -0.15) is 4.98 Å². The Kier molecular flexibility index (Phi) is 3.85. The molecule has 0 amide bonds. The van der Waals surface area contributed by atoms with E-state index in [-0.39, 0.29) is 0 Å². The lowest BCUT2D eigenvalue weighted by Crippen LogP contribution is -2.03. The molecular formula is C14H17N3O2. The second-order valence-corrected chi connectivity index (χ2v) is 4.07. The lowest BCUT2D eigenvalue weighted by molar-refractivity contribution is 0.319. The summed E-state index contributed by atoms with van der Waals surface area (Å²) >= 11 is 0. The molecule has 0 aliphatic heterocycles. The van der Waals surface area contributed by atoms with Crippen LogP contribution in [0.4, 0.5) is 5.82 Å². The smallest absolute Gasteiger partial charge is 0.227 e. The van der Waals surface area contributed by atoms with Gasteiger partial charge in [-0.05, 0) is 32.9 Å². The lowest BCUT2D eigenvalue weighted by Gasteiger charge is -2.13. The molecule has 0 radical (unpaired) electrons. The molecule has 0 saturated carbocycles. The Morgan fingerprint density at radius 2 is 1.79 bits per heavy atom. The number of aromatic nitrogens is 2. The molecule has 0 saturated heterocycles. The van der Waals surface area contributed by atoms with E-state index in [2.05, 4.69) is 9.97 Å². The van der Waals surface area contributed by atoms with Gasteiger partial charge in [0, 0.05) is 0 Å². The van der Waals surface area contributed by atoms with E-state index < -0.39 is 0 Å². The second-order valence-electron chi connectivity index (χ2n) is 4.07. The number of para-hydroxylation sites is 2. The predicted molar refractivity (Wildman–Crippen MR) is 73.6 cm³/mol. The third-order valence-electron chi connectivity index (χ3n) is 2.61. The summed E-state index contributed by atoms with van der Waals surface area (Å²) in [7, 11) is 0. The molecule has 0 aliphatic rings. The number of nitrogens with zero attached hydrogens (tertiary/aromatic N) is 2. The fourth-order valence-corrected chi connectivity index (χ4v) is 1.64. The van der Waals surface area contributed by atoms with Crippen LogP contribution in [0.2, 0.25) is 0 Å². The lowest BCUT2D eigenvalue weighted by atomic mass is 10.3. The van der Waals surface area contributed by atoms with Crippen molar-refractivity contribution < 1.29 is 9.47 Å². The number of nitrogen functional groups attached to an aromatic ring is 1. The van der Waals surface area contributed by atoms with Crippen LogP contribution in [-0.4, -0.2) is 16.6 Å². The van der Waals surface area contributed by atoms with Gasteiger partial charge in [-0.1, -0.05) is 12.1 Å². The normalized spacial score (nSPS) is 10.3. The molecule has 19 heavy (non-hydrogen) atoms. The number of aryl methyl sites for hydroxylation is 1. The predicted octanol–water partition coefficient (Wildman–Crippen LogP) is 2.87. The average molecular weight is 259 g/mol. The van der Waals surface area contributed by atoms with Crippen molar-refractivity contribution in [1.82, 2.24) is 9.97 Å². The highest BCUT2D eigenvalue weighted by molar-refractivity contribution is 5.48. The molecule has 0 bridgehead atoms. The topological polar surface area (TPSA) is 70.3 Å². The van der Waals surface area contributed by atoms with Gasteiger partial charge in [0.15, 0.2) is 11.5 Å². The van der Waals surface area contributed by atoms with Crippen LogP contribution in [0, 0.1) is 13.8 Å². The summed E-state index contributed by atoms with van der Waals surface area (Å²) in [5.74, 6) is 2.75. The molecule has 2 rings (SSSR count). The van der Waals surface area contributed by atoms with Crippen LogP contribution >= 0.6 is 0 Å². The maximum Gasteiger partial charge on any atom is 0.227 e. The molecule has 5 nitrogen and oxygen atoms in total. The Hall–Kier alpha value is -2.30. The maximum absolute atomic E-state index is 5.81. The van der Waals surface area contributed by atoms with Gasteiger partial charge >= 0.3 is 0 Å². The fourth-order valence-electron chi connectivity index (χ4n) is 1.64. The summed E-state index contributed by atoms with van der Waals surface area (Å²) in [6.45, 7) is 6.10. The molecular weight excluding hydrogens is 242 g/mol. The van der Waals surface area contributed by atoms with E-state index in [9.17, 15) is 0 Å². The average Bonchev–Trinajstić information content (AvgIpc) is 2.38. The molecule has 2 aromatic rings. The first-order valence-electron chi connectivity index (χ1n) is 6.12. The highest BCUT2D eigenvalue weighted by Gasteiger charge is 2.11. The molecule has 5 heteroatoms. The van der Waals surface area contributed by atoms with Crippen molar-refractivity contribution in [3.8, 4) is 17.4 Å². The van der Waals surface area contributed by atoms with E-state index in [0.29, 0.717) is 35.6 Å². The highest BCUT2D eigenvalue weighted by Crippen LogP contribution is 2.32. The van der Waals surface area contributed by atoms with Gasteiger partial charge < -0.3 is 15.2 Å². The minimum atomic E-state index is 0.427. The van der Waals surface area contributed by atoms with Gasteiger partial charge in [0.1, 0.15) is 11.6 Å². The van der Waals surface area contributed by atoms with Gasteiger partial charge in [-0.15, -0.1) is 0 Å². The van der Waals surface area contributed by atoms with E-state index in [1.165, 1.54) is 0 Å². The SMILES string of the molecule is CCOc1ccccc1Oc1nc(C)nc(N)c1C. The van der Waals surface area contributed by atoms with Crippen LogP contribution < -0.4 is 15.2 Å². The van der Waals surface area contributed by atoms with E-state index in [1.54, 1.807) is 6.92 Å². The molecule has 2 N–H and O–H groups in total. The quantitative estimate of drug-likeness (QED) is 0.914. The van der Waals surface area contributed by atoms with Crippen molar-refractivity contribution in [2.24, 2.45) is 0 Å². The number of anilines is 1. The van der Waals surface area contributed by atoms with Gasteiger partial charge in [0.25, 0.3) is 0 Å². The monoisotopic (exact) mass is 259 g/mol. The minimum absolute atomic E-state index is 0.427. The van der Waals surface area contributed by atoms with Crippen LogP contribution in [0.5, 0.6) is 17.4 Å². The molecule has 1 aromatic heterocycles. The Labute approximate surface area is 112 Å². The highest BCUT2D eigenvalue weighted by atomic mass is 16.5. The van der Waals surface area contributed by atoms with E-state index in [4.69, 9.17) is 15.2 Å². The van der Waals surface area contributed by atoms with Crippen LogP contribution in [0.15, 0.2) is 24.3 Å². The molecule has 0 atom stereocenters. The molecule has 0 aliphatic carbocycles. The number of hydrogen-bond donors (Lipinski definition) is 1. The van der Waals surface area contributed by atoms with Crippen molar-refractivity contribution in [2.75, 3.05) is 12.3 Å². The number of rotatable bonds is 4. The van der Waals surface area contributed by atoms with Crippen LogP contribution in [0.25, 0.3) is 0 Å². The second kappa shape index (κ2) is 5.56. The van der Waals surface area contributed by atoms with Crippen molar-refractivity contribution in [1.29, 1.82) is 0 Å². The molecule has 100 valence electrons. The molecule has 0 unspecified atom stereocenters. The Morgan fingerprint density at radius 3 is 2.47 bits per heavy atom. The van der Waals surface area contributed by atoms with Crippen LogP contribution in [0.3, 0.4) is 0 Å². The maximum atomic E-state index is 5.81. The minimum Gasteiger partial charge on any atom is -0.490 e. The number of ether oxygens (including phenoxy) is 2. The van der Waals surface area contributed by atoms with Crippen molar-refractivity contribution >= 4 is 5.82 Å². The van der Waals surface area contributed by atoms with Gasteiger partial charge in [0.2, 0.25) is 5.88 Å². The number of hydrogen-bond acceptors (Lipinski definition) is 5. The zero-order valence-electron chi connectivity index (χ0n) is 11.3. The van der Waals surface area contributed by atoms with E-state index in [1.807, 2.05) is 38.1 Å². The van der Waals surface area contributed by atoms with Gasteiger partial charge in [0.05, 0.1) is 12.2 Å². The van der Waals surface area contributed by atoms with Crippen molar-refractivity contribution in [2.45, 2.75) is 20.8 Å². The third kappa shape index (κ3) is 2.93. The summed E-state index contributed by atoms with van der Waals surface area (Å²) in [4.78, 5) is 8.35. The van der Waals surface area contributed by atoms with Crippen molar-refractivity contribution in [3.05, 3.63) is 35.7 Å². The summed E-state index contributed by atoms with van der Waals surface area (Å²) in [6.07, 6.45) is 0. The van der Waals surface area contributed by atoms with Crippen LogP contribution in [0.1, 0.15) is 18.3 Å². The summed E-state index contributed by atoms with van der Waals surface area (Å²) in [5, 5.41) is 0. The Balaban J connectivity index is 2.36. The van der Waals surface area contributed by atoms with Gasteiger partial charge in [-0.25, -0.2) is 4.98 Å². The first-order valence-corrected chi connectivity index (χ1v) is 6.12. The van der Waals surface area contributed by atoms with Crippen LogP contribution in [-0.2, 0) is 0 Å². The zero-order valence-corrected chi connectivity index (χ0v) is 11.3. The van der Waals surface area contributed by atoms with E-state index >= 15 is 0 Å². The van der Waals surface area contributed by atoms with Crippen molar-refractivity contribution in [3.63, 3.8) is 0 Å². The summed E-state index contributed by atoms with van der Waals surface area (Å²) in [5.41, 5.74) is 6.53. The largest absolute Gasteiger partial charge is 0.490 e. The van der Waals surface area contributed by atoms with E-state index in [0.717, 1.165) is 5.56 Å². The molecule has 1 heterocycles. The zero-order chi connectivity index (χ0) is 13.8. The standard InChI is InChI=1S/C14H17N3O2/c1-4-18-11-7-5-6-8-12(11)19-14-9(2)13(15)16-10(3)17-14/h5-8H,4H2,1-3H3,(H2,15,16,17). The Morgan fingerprint density at radius 1 is 1.11 bits per heavy atom. The number of nitrogens with two attached hydrogens (primary N) is 1. The molecule has 0 spiro atoms. The molecule has 0 fully saturated rings. The fraction of sp³-hybridized carbons (Fsp3) is 0.286. The Bertz CT molecular complexity index is 585. The first kappa shape index (κ1) is 13.1. The first-order chi connectivity index (χ1) is 9.11. The van der Waals surface area contributed by atoms with Gasteiger partial charge in [-0.3, -0.25) is 0 Å². The summed E-state index contributed by atoms with van der Waals surface area (Å²) in [6, 6.07) is 7.46. The molecule has 1 aromatic carbocycles. The summed E-state index contributed by atoms with van der Waals surface area (Å²) < 4.78 is 11.3. The number of benzene rings is 1.